The van der Waals surface area contributed by atoms with Gasteiger partial charge in [0.25, 0.3) is 0 Å². The number of amides is 2. The lowest BCUT2D eigenvalue weighted by Crippen LogP contribution is -2.41. The summed E-state index contributed by atoms with van der Waals surface area (Å²) < 4.78 is 10.4. The molecule has 1 heterocycles. The molecule has 0 saturated carbocycles. The Labute approximate surface area is 135 Å². The van der Waals surface area contributed by atoms with E-state index in [4.69, 9.17) is 9.47 Å². The van der Waals surface area contributed by atoms with Gasteiger partial charge in [0.1, 0.15) is 11.2 Å². The topological polar surface area (TPSA) is 85.3 Å². The molecule has 0 radical (unpaired) electrons. The fourth-order valence-electron chi connectivity index (χ4n) is 1.44. The summed E-state index contributed by atoms with van der Waals surface area (Å²) in [6.45, 7) is 10.0. The van der Waals surface area contributed by atoms with Crippen molar-refractivity contribution in [1.29, 1.82) is 0 Å². The summed E-state index contributed by atoms with van der Waals surface area (Å²) >= 11 is 0. The van der Waals surface area contributed by atoms with Crippen LogP contribution in [0.25, 0.3) is 0 Å². The van der Waals surface area contributed by atoms with Crippen LogP contribution in [-0.4, -0.2) is 40.3 Å². The molecule has 0 N–H and O–H groups in total. The maximum absolute atomic E-state index is 12.3. The number of hydrogen-bond donors (Lipinski definition) is 0. The van der Waals surface area contributed by atoms with Crippen LogP contribution in [0.15, 0.2) is 29.0 Å². The first-order valence-electron chi connectivity index (χ1n) is 7.10. The number of rotatable bonds is 1. The number of imide groups is 1. The third kappa shape index (κ3) is 6.46. The van der Waals surface area contributed by atoms with Gasteiger partial charge in [-0.05, 0) is 47.6 Å². The van der Waals surface area contributed by atoms with Gasteiger partial charge >= 0.3 is 12.2 Å². The number of Topliss-reactive ketones (excluding diaryl/α,β-unsaturated/α-hetero) is 1. The lowest BCUT2D eigenvalue weighted by Gasteiger charge is -2.27. The molecule has 0 saturated heterocycles. The Balaban J connectivity index is 3.11. The third-order valence-electron chi connectivity index (χ3n) is 2.27. The normalized spacial score (nSPS) is 16.4. The molecule has 7 heteroatoms. The van der Waals surface area contributed by atoms with Crippen LogP contribution in [-0.2, 0) is 14.3 Å². The Hall–Kier alpha value is -2.44. The maximum Gasteiger partial charge on any atom is 0.424 e. The molecule has 7 nitrogen and oxygen atoms in total. The number of hydrogen-bond acceptors (Lipinski definition) is 6. The second-order valence-corrected chi connectivity index (χ2v) is 6.87. The van der Waals surface area contributed by atoms with Gasteiger partial charge < -0.3 is 9.47 Å². The Morgan fingerprint density at radius 2 is 1.52 bits per heavy atom. The third-order valence-corrected chi connectivity index (χ3v) is 2.27. The predicted molar refractivity (Wildman–Crippen MR) is 85.0 cm³/mol. The Morgan fingerprint density at radius 1 is 1.04 bits per heavy atom. The number of nitrogens with zero attached hydrogens (tertiary/aromatic N) is 2. The highest BCUT2D eigenvalue weighted by atomic mass is 16.6. The van der Waals surface area contributed by atoms with Crippen molar-refractivity contribution < 1.29 is 23.9 Å². The van der Waals surface area contributed by atoms with Crippen LogP contribution in [0.3, 0.4) is 0 Å². The lowest BCUT2D eigenvalue weighted by atomic mass is 10.1. The molecule has 1 rings (SSSR count). The van der Waals surface area contributed by atoms with Crippen LogP contribution in [0.5, 0.6) is 0 Å². The van der Waals surface area contributed by atoms with E-state index in [0.717, 1.165) is 12.4 Å². The first kappa shape index (κ1) is 18.6. The number of ether oxygens (including phenoxy) is 2. The average molecular weight is 322 g/mol. The number of allylic oxidation sites excluding steroid dienone is 2. The molecule has 0 bridgehead atoms. The molecule has 1 aliphatic heterocycles. The van der Waals surface area contributed by atoms with Gasteiger partial charge in [-0.3, -0.25) is 9.79 Å². The summed E-state index contributed by atoms with van der Waals surface area (Å²) in [5, 5.41) is 0. The van der Waals surface area contributed by atoms with E-state index in [-0.39, 0.29) is 5.57 Å². The highest BCUT2D eigenvalue weighted by molar-refractivity contribution is 6.36. The second-order valence-electron chi connectivity index (χ2n) is 6.87. The molecule has 0 aliphatic carbocycles. The van der Waals surface area contributed by atoms with E-state index in [1.54, 1.807) is 41.5 Å². The summed E-state index contributed by atoms with van der Waals surface area (Å²) in [5.74, 6) is -0.426. The van der Waals surface area contributed by atoms with Crippen LogP contribution >= 0.6 is 0 Å². The molecule has 0 fully saturated rings. The minimum Gasteiger partial charge on any atom is -0.443 e. The van der Waals surface area contributed by atoms with E-state index in [9.17, 15) is 14.4 Å². The van der Waals surface area contributed by atoms with Gasteiger partial charge in [0, 0.05) is 18.0 Å². The largest absolute Gasteiger partial charge is 0.443 e. The Bertz CT molecular complexity index is 561. The summed E-state index contributed by atoms with van der Waals surface area (Å²) in [6, 6.07) is 0. The van der Waals surface area contributed by atoms with Gasteiger partial charge in [-0.2, -0.15) is 4.90 Å². The molecule has 0 spiro atoms. The van der Waals surface area contributed by atoms with E-state index in [0.29, 0.717) is 4.90 Å². The van der Waals surface area contributed by atoms with Crippen molar-refractivity contribution in [1.82, 2.24) is 4.90 Å². The van der Waals surface area contributed by atoms with E-state index in [1.807, 2.05) is 0 Å². The average Bonchev–Trinajstić information content (AvgIpc) is 2.33. The van der Waals surface area contributed by atoms with Crippen LogP contribution in [0.4, 0.5) is 9.59 Å². The fourth-order valence-corrected chi connectivity index (χ4v) is 1.44. The molecule has 0 aromatic heterocycles. The van der Waals surface area contributed by atoms with Crippen molar-refractivity contribution >= 4 is 24.2 Å². The van der Waals surface area contributed by atoms with Crippen molar-refractivity contribution in [2.45, 2.75) is 52.7 Å². The van der Waals surface area contributed by atoms with E-state index in [1.165, 1.54) is 12.3 Å². The summed E-state index contributed by atoms with van der Waals surface area (Å²) in [5.41, 5.74) is -1.48. The molecule has 1 aliphatic rings. The summed E-state index contributed by atoms with van der Waals surface area (Å²) in [7, 11) is 0. The smallest absolute Gasteiger partial charge is 0.424 e. The van der Waals surface area contributed by atoms with Gasteiger partial charge in [-0.15, -0.1) is 0 Å². The van der Waals surface area contributed by atoms with Gasteiger partial charge in [-0.1, -0.05) is 0 Å². The molecule has 0 unspecified atom stereocenters. The second kappa shape index (κ2) is 6.76. The number of ketones is 1. The minimum atomic E-state index is -0.928. The van der Waals surface area contributed by atoms with Crippen LogP contribution in [0, 0.1) is 0 Å². The quantitative estimate of drug-likeness (QED) is 0.692. The number of carbonyl (C=O) groups excluding carboxylic acids is 3. The Morgan fingerprint density at radius 3 is 1.91 bits per heavy atom. The zero-order valence-electron chi connectivity index (χ0n) is 14.2. The molecular weight excluding hydrogens is 300 g/mol. The fraction of sp³-hybridized carbons (Fsp3) is 0.500. The summed E-state index contributed by atoms with van der Waals surface area (Å²) in [6.07, 6.45) is 3.10. The maximum atomic E-state index is 12.3. The van der Waals surface area contributed by atoms with E-state index in [2.05, 4.69) is 4.99 Å². The lowest BCUT2D eigenvalue weighted by molar-refractivity contribution is -0.109. The minimum absolute atomic E-state index is 0.122. The number of carbonyl (C=O) groups is 3. The van der Waals surface area contributed by atoms with Crippen molar-refractivity contribution in [2.75, 3.05) is 0 Å². The van der Waals surface area contributed by atoms with Crippen molar-refractivity contribution in [3.05, 3.63) is 24.0 Å². The zero-order chi connectivity index (χ0) is 17.8. The SMILES string of the molecule is CC(C)(C)OC(=O)N(/C=C1/C=CN=CC1=O)C(=O)OC(C)(C)C. The summed E-state index contributed by atoms with van der Waals surface area (Å²) in [4.78, 5) is 40.6. The Kier molecular flexibility index (Phi) is 5.47. The zero-order valence-corrected chi connectivity index (χ0v) is 14.2. The molecule has 0 aromatic rings. The van der Waals surface area contributed by atoms with Gasteiger partial charge in [0.05, 0.1) is 6.21 Å². The van der Waals surface area contributed by atoms with Crippen LogP contribution < -0.4 is 0 Å². The molecule has 0 aromatic carbocycles. The molecule has 2 amide bonds. The first-order valence-corrected chi connectivity index (χ1v) is 7.10. The van der Waals surface area contributed by atoms with Gasteiger partial charge in [0.2, 0.25) is 5.78 Å². The van der Waals surface area contributed by atoms with Crippen molar-refractivity contribution in [3.63, 3.8) is 0 Å². The van der Waals surface area contributed by atoms with Crippen LogP contribution in [0.1, 0.15) is 41.5 Å². The van der Waals surface area contributed by atoms with E-state index >= 15 is 0 Å². The predicted octanol–water partition coefficient (Wildman–Crippen LogP) is 3.21. The van der Waals surface area contributed by atoms with Gasteiger partial charge in [-0.25, -0.2) is 9.59 Å². The highest BCUT2D eigenvalue weighted by Gasteiger charge is 2.30. The monoisotopic (exact) mass is 322 g/mol. The van der Waals surface area contributed by atoms with Crippen molar-refractivity contribution in [3.8, 4) is 0 Å². The molecular formula is C16H22N2O5. The van der Waals surface area contributed by atoms with Crippen LogP contribution in [0.2, 0.25) is 0 Å². The standard InChI is InChI=1S/C16H22N2O5/c1-15(2,3)22-13(20)18(14(21)23-16(4,5)6)10-11-7-8-17-9-12(11)19/h7-10H,1-6H3/b11-10-. The first-order chi connectivity index (χ1) is 10.4. The molecule has 23 heavy (non-hydrogen) atoms. The molecule has 0 atom stereocenters. The molecule has 126 valence electrons. The van der Waals surface area contributed by atoms with Crippen molar-refractivity contribution in [2.24, 2.45) is 4.99 Å². The van der Waals surface area contributed by atoms with Gasteiger partial charge in [0.15, 0.2) is 0 Å². The number of aliphatic imine (C=N–C) groups is 1. The van der Waals surface area contributed by atoms with E-state index < -0.39 is 29.2 Å². The highest BCUT2D eigenvalue weighted by Crippen LogP contribution is 2.16.